The summed E-state index contributed by atoms with van der Waals surface area (Å²) in [6, 6.07) is 15.5. The number of aliphatic hydroxyl groups excluding tert-OH is 1. The van der Waals surface area contributed by atoms with Crippen molar-refractivity contribution in [3.05, 3.63) is 65.2 Å². The van der Waals surface area contributed by atoms with Gasteiger partial charge < -0.3 is 25.2 Å². The molecule has 11 heteroatoms. The lowest BCUT2D eigenvalue weighted by molar-refractivity contribution is -0.245. The second kappa shape index (κ2) is 11.6. The molecule has 222 valence electrons. The number of anilines is 1. The highest BCUT2D eigenvalue weighted by atomic mass is 32.2. The van der Waals surface area contributed by atoms with Crippen LogP contribution in [-0.4, -0.2) is 48.7 Å². The summed E-state index contributed by atoms with van der Waals surface area (Å²) >= 11 is 1.55. The number of hydrogen-bond acceptors (Lipinski definition) is 8. The number of aromatic nitrogens is 4. The van der Waals surface area contributed by atoms with Crippen molar-refractivity contribution in [2.75, 3.05) is 11.1 Å². The van der Waals surface area contributed by atoms with Gasteiger partial charge in [0.1, 0.15) is 0 Å². The number of carbonyl (C=O) groups excluding carboxylic acids is 1. The van der Waals surface area contributed by atoms with E-state index in [0.29, 0.717) is 12.2 Å². The Labute approximate surface area is 249 Å². The van der Waals surface area contributed by atoms with Gasteiger partial charge in [-0.3, -0.25) is 0 Å². The first-order valence-corrected chi connectivity index (χ1v) is 16.0. The van der Waals surface area contributed by atoms with E-state index in [1.165, 1.54) is 19.3 Å². The maximum Gasteiger partial charge on any atom is 0.319 e. The summed E-state index contributed by atoms with van der Waals surface area (Å²) in [6.07, 6.45) is 7.25. The minimum absolute atomic E-state index is 0.00346. The highest BCUT2D eigenvalue weighted by Gasteiger charge is 2.51. The predicted octanol–water partition coefficient (Wildman–Crippen LogP) is 5.13. The van der Waals surface area contributed by atoms with E-state index in [-0.39, 0.29) is 30.4 Å². The number of ether oxygens (including phenoxy) is 2. The van der Waals surface area contributed by atoms with Crippen LogP contribution in [0, 0.1) is 17.8 Å². The zero-order chi connectivity index (χ0) is 28.7. The molecule has 4 saturated carbocycles. The van der Waals surface area contributed by atoms with E-state index in [4.69, 9.17) is 9.47 Å². The Bertz CT molecular complexity index is 1360. The number of hydrogen-bond donors (Lipinski definition) is 3. The fourth-order valence-electron chi connectivity index (χ4n) is 7.92. The standard InChI is InChI=1S/C31H38N6O4S/c1-37-30(34-35-36-37)42-18-26-13-27(23-4-2-19(17-38)3-5-23)41-28(40-26)24-6-8-25(9-7-24)32-29(39)33-31-14-20-10-21(15-31)12-22(11-20)16-31/h2-9,20-22,26-28,38H,10-18H2,1H3,(H2,32,33,39)/t20?,21?,22?,26-,27+,28+,31?/m1/s1. The van der Waals surface area contributed by atoms with Crippen molar-refractivity contribution in [2.45, 2.75) is 80.7 Å². The highest BCUT2D eigenvalue weighted by molar-refractivity contribution is 7.99. The van der Waals surface area contributed by atoms with E-state index in [0.717, 1.165) is 64.6 Å². The fraction of sp³-hybridized carbons (Fsp3) is 0.548. The number of aryl methyl sites for hydroxylation is 1. The van der Waals surface area contributed by atoms with E-state index < -0.39 is 6.29 Å². The molecule has 3 atom stereocenters. The lowest BCUT2D eigenvalue weighted by Gasteiger charge is -2.56. The number of nitrogens with one attached hydrogen (secondary N) is 2. The van der Waals surface area contributed by atoms with Gasteiger partial charge in [-0.15, -0.1) is 5.10 Å². The Morgan fingerprint density at radius 1 is 0.976 bits per heavy atom. The van der Waals surface area contributed by atoms with Gasteiger partial charge in [0.05, 0.1) is 18.8 Å². The van der Waals surface area contributed by atoms with Gasteiger partial charge in [-0.1, -0.05) is 48.2 Å². The molecule has 0 radical (unpaired) electrons. The lowest BCUT2D eigenvalue weighted by atomic mass is 9.53. The van der Waals surface area contributed by atoms with Gasteiger partial charge in [-0.25, -0.2) is 9.48 Å². The molecule has 2 amide bonds. The third kappa shape index (κ3) is 5.92. The predicted molar refractivity (Wildman–Crippen MR) is 157 cm³/mol. The van der Waals surface area contributed by atoms with E-state index >= 15 is 0 Å². The summed E-state index contributed by atoms with van der Waals surface area (Å²) in [5.41, 5.74) is 3.50. The Balaban J connectivity index is 1.02. The molecular formula is C31H38N6O4S. The molecule has 5 fully saturated rings. The third-order valence-corrected chi connectivity index (χ3v) is 10.6. The Hall–Kier alpha value is -2.99. The fourth-order valence-corrected chi connectivity index (χ4v) is 8.79. The average molecular weight is 591 g/mol. The summed E-state index contributed by atoms with van der Waals surface area (Å²) in [6.45, 7) is 0.00346. The molecule has 1 saturated heterocycles. The topological polar surface area (TPSA) is 123 Å². The van der Waals surface area contributed by atoms with Gasteiger partial charge in [-0.2, -0.15) is 0 Å². The monoisotopic (exact) mass is 590 g/mol. The van der Waals surface area contributed by atoms with Crippen molar-refractivity contribution < 1.29 is 19.4 Å². The van der Waals surface area contributed by atoms with Crippen LogP contribution in [0.25, 0.3) is 0 Å². The number of urea groups is 1. The van der Waals surface area contributed by atoms with Crippen LogP contribution in [0.5, 0.6) is 0 Å². The summed E-state index contributed by atoms with van der Waals surface area (Å²) in [7, 11) is 1.82. The summed E-state index contributed by atoms with van der Waals surface area (Å²) < 4.78 is 14.5. The number of tetrazole rings is 1. The van der Waals surface area contributed by atoms with Crippen LogP contribution in [0.4, 0.5) is 10.5 Å². The number of amides is 2. The average Bonchev–Trinajstić information content (AvgIpc) is 3.39. The summed E-state index contributed by atoms with van der Waals surface area (Å²) in [4.78, 5) is 13.1. The number of aliphatic hydroxyl groups is 1. The largest absolute Gasteiger partial charge is 0.392 e. The molecule has 3 N–H and O–H groups in total. The van der Waals surface area contributed by atoms with E-state index in [1.807, 2.05) is 55.6 Å². The van der Waals surface area contributed by atoms with Crippen molar-refractivity contribution in [1.29, 1.82) is 0 Å². The van der Waals surface area contributed by atoms with Crippen molar-refractivity contribution in [3.63, 3.8) is 0 Å². The minimum Gasteiger partial charge on any atom is -0.392 e. The third-order valence-electron chi connectivity index (χ3n) is 9.45. The van der Waals surface area contributed by atoms with Gasteiger partial charge in [0, 0.05) is 36.0 Å². The summed E-state index contributed by atoms with van der Waals surface area (Å²) in [5, 5.41) is 28.4. The number of rotatable bonds is 8. The normalized spacial score (nSPS) is 31.7. The van der Waals surface area contributed by atoms with Crippen LogP contribution in [0.3, 0.4) is 0 Å². The van der Waals surface area contributed by atoms with Crippen molar-refractivity contribution in [2.24, 2.45) is 24.8 Å². The lowest BCUT2D eigenvalue weighted by Crippen LogP contribution is -2.60. The first-order chi connectivity index (χ1) is 20.4. The van der Waals surface area contributed by atoms with Crippen molar-refractivity contribution in [1.82, 2.24) is 25.5 Å². The maximum atomic E-state index is 13.1. The molecule has 4 aliphatic carbocycles. The van der Waals surface area contributed by atoms with Gasteiger partial charge in [0.15, 0.2) is 6.29 Å². The van der Waals surface area contributed by atoms with E-state index in [2.05, 4.69) is 26.2 Å². The number of carbonyl (C=O) groups is 1. The van der Waals surface area contributed by atoms with Crippen LogP contribution in [0.1, 0.15) is 74.0 Å². The van der Waals surface area contributed by atoms with Crippen molar-refractivity contribution >= 4 is 23.5 Å². The first kappa shape index (κ1) is 27.8. The van der Waals surface area contributed by atoms with Crippen LogP contribution in [0.2, 0.25) is 0 Å². The number of thioether (sulfide) groups is 1. The van der Waals surface area contributed by atoms with Gasteiger partial charge in [0.2, 0.25) is 5.16 Å². The molecule has 0 unspecified atom stereocenters. The molecule has 0 spiro atoms. The number of nitrogens with zero attached hydrogens (tertiary/aromatic N) is 4. The SMILES string of the molecule is Cn1nnnc1SC[C@H]1C[C@@H](c2ccc(CO)cc2)O[C@@H](c2ccc(NC(=O)NC34CC5CC(CC(C5)C3)C4)cc2)O1. The van der Waals surface area contributed by atoms with E-state index in [1.54, 1.807) is 16.4 Å². The van der Waals surface area contributed by atoms with Crippen LogP contribution >= 0.6 is 11.8 Å². The van der Waals surface area contributed by atoms with Gasteiger partial charge in [0.25, 0.3) is 0 Å². The van der Waals surface area contributed by atoms with Crippen LogP contribution in [0.15, 0.2) is 53.7 Å². The van der Waals surface area contributed by atoms with Gasteiger partial charge >= 0.3 is 6.03 Å². The second-order valence-electron chi connectivity index (χ2n) is 12.6. The molecule has 1 aromatic heterocycles. The molecule has 2 aromatic carbocycles. The zero-order valence-electron chi connectivity index (χ0n) is 23.8. The molecule has 1 aliphatic heterocycles. The molecule has 4 bridgehead atoms. The summed E-state index contributed by atoms with van der Waals surface area (Å²) in [5.74, 6) is 3.01. The van der Waals surface area contributed by atoms with Gasteiger partial charge in [-0.05, 0) is 90.0 Å². The molecule has 8 rings (SSSR count). The second-order valence-corrected chi connectivity index (χ2v) is 13.6. The number of benzene rings is 2. The van der Waals surface area contributed by atoms with Crippen LogP contribution < -0.4 is 10.6 Å². The van der Waals surface area contributed by atoms with E-state index in [9.17, 15) is 9.90 Å². The molecule has 3 aromatic rings. The molecule has 10 nitrogen and oxygen atoms in total. The van der Waals surface area contributed by atoms with Crippen molar-refractivity contribution in [3.8, 4) is 0 Å². The maximum absolute atomic E-state index is 13.1. The molecule has 5 aliphatic rings. The zero-order valence-corrected chi connectivity index (χ0v) is 24.6. The molecule has 42 heavy (non-hydrogen) atoms. The quantitative estimate of drug-likeness (QED) is 0.309. The molecular weight excluding hydrogens is 552 g/mol. The molecule has 2 heterocycles. The van der Waals surface area contributed by atoms with Crippen LogP contribution in [-0.2, 0) is 23.1 Å². The highest BCUT2D eigenvalue weighted by Crippen LogP contribution is 2.55. The Kier molecular flexibility index (Phi) is 7.68. The Morgan fingerprint density at radius 2 is 1.64 bits per heavy atom. The minimum atomic E-state index is -0.570. The Morgan fingerprint density at radius 3 is 2.26 bits per heavy atom. The smallest absolute Gasteiger partial charge is 0.319 e. The first-order valence-electron chi connectivity index (χ1n) is 15.0.